The first-order valence-electron chi connectivity index (χ1n) is 4.82. The van der Waals surface area contributed by atoms with Crippen molar-refractivity contribution < 1.29 is 9.90 Å². The lowest BCUT2D eigenvalue weighted by Gasteiger charge is -1.97. The molecule has 0 amide bonds. The van der Waals surface area contributed by atoms with Crippen molar-refractivity contribution >= 4 is 38.4 Å². The van der Waals surface area contributed by atoms with Crippen LogP contribution in [0.3, 0.4) is 0 Å². The lowest BCUT2D eigenvalue weighted by Crippen LogP contribution is -2.11. The lowest BCUT2D eigenvalue weighted by molar-refractivity contribution is -0.134. The number of aliphatic carboxylic acids is 1. The van der Waals surface area contributed by atoms with Gasteiger partial charge in [-0.15, -0.1) is 11.3 Å². The molecule has 1 aromatic carbocycles. The number of rotatable bonds is 4. The molecule has 88 valence electrons. The Kier molecular flexibility index (Phi) is 3.75. The molecule has 2 N–H and O–H groups in total. The highest BCUT2D eigenvalue weighted by Crippen LogP contribution is 2.25. The highest BCUT2D eigenvalue weighted by atomic mass is 79.9. The minimum Gasteiger partial charge on any atom is -0.480 e. The second-order valence-corrected chi connectivity index (χ2v) is 5.07. The van der Waals surface area contributed by atoms with Crippen molar-refractivity contribution in [2.24, 2.45) is 0 Å². The van der Waals surface area contributed by atoms with Crippen LogP contribution in [0.25, 0.3) is 11.3 Å². The Balaban J connectivity index is 2.12. The number of nitrogens with one attached hydrogen (secondary N) is 1. The number of anilines is 1. The molecule has 4 nitrogen and oxygen atoms in total. The summed E-state index contributed by atoms with van der Waals surface area (Å²) >= 11 is 4.76. The molecule has 17 heavy (non-hydrogen) atoms. The van der Waals surface area contributed by atoms with Crippen LogP contribution in [-0.2, 0) is 4.79 Å². The normalized spacial score (nSPS) is 10.2. The number of halogens is 1. The van der Waals surface area contributed by atoms with E-state index < -0.39 is 5.97 Å². The standard InChI is InChI=1S/C11H9BrN2O2S/c12-8-3-1-7(2-4-8)9-6-17-11(14-9)13-5-10(15)16/h1-4,6H,5H2,(H,13,14)(H,15,16). The fourth-order valence-electron chi connectivity index (χ4n) is 1.26. The molecule has 2 rings (SSSR count). The Bertz CT molecular complexity index is 525. The zero-order valence-electron chi connectivity index (χ0n) is 8.68. The van der Waals surface area contributed by atoms with Gasteiger partial charge in [0, 0.05) is 15.4 Å². The maximum atomic E-state index is 10.4. The van der Waals surface area contributed by atoms with Crippen LogP contribution in [-0.4, -0.2) is 22.6 Å². The van der Waals surface area contributed by atoms with Crippen LogP contribution >= 0.6 is 27.3 Å². The molecular formula is C11H9BrN2O2S. The molecule has 6 heteroatoms. The number of carboxylic acid groups (broad SMARTS) is 1. The summed E-state index contributed by atoms with van der Waals surface area (Å²) in [5.74, 6) is -0.898. The van der Waals surface area contributed by atoms with Crippen molar-refractivity contribution in [2.45, 2.75) is 0 Å². The molecule has 0 aliphatic rings. The van der Waals surface area contributed by atoms with Crippen molar-refractivity contribution in [3.63, 3.8) is 0 Å². The minimum atomic E-state index is -0.898. The molecule has 0 unspecified atom stereocenters. The van der Waals surface area contributed by atoms with Crippen molar-refractivity contribution in [1.29, 1.82) is 0 Å². The molecule has 0 radical (unpaired) electrons. The van der Waals surface area contributed by atoms with Gasteiger partial charge in [-0.3, -0.25) is 4.79 Å². The summed E-state index contributed by atoms with van der Waals surface area (Å²) in [6, 6.07) is 7.80. The summed E-state index contributed by atoms with van der Waals surface area (Å²) in [6.45, 7) is -0.118. The number of benzene rings is 1. The summed E-state index contributed by atoms with van der Waals surface area (Å²) in [7, 11) is 0. The number of thiazole rings is 1. The highest BCUT2D eigenvalue weighted by molar-refractivity contribution is 9.10. The Labute approximate surface area is 110 Å². The van der Waals surface area contributed by atoms with Crippen LogP contribution in [0.2, 0.25) is 0 Å². The van der Waals surface area contributed by atoms with E-state index in [1.165, 1.54) is 11.3 Å². The second kappa shape index (κ2) is 5.29. The van der Waals surface area contributed by atoms with Gasteiger partial charge in [0.15, 0.2) is 5.13 Å². The predicted octanol–water partition coefficient (Wildman–Crippen LogP) is 3.07. The molecule has 1 aromatic heterocycles. The number of nitrogens with zero attached hydrogens (tertiary/aromatic N) is 1. The number of aromatic nitrogens is 1. The lowest BCUT2D eigenvalue weighted by atomic mass is 10.2. The first kappa shape index (κ1) is 12.1. The van der Waals surface area contributed by atoms with Gasteiger partial charge < -0.3 is 10.4 Å². The predicted molar refractivity (Wildman–Crippen MR) is 71.4 cm³/mol. The van der Waals surface area contributed by atoms with Crippen LogP contribution in [0.4, 0.5) is 5.13 Å². The van der Waals surface area contributed by atoms with Crippen molar-refractivity contribution in [1.82, 2.24) is 4.98 Å². The monoisotopic (exact) mass is 312 g/mol. The fourth-order valence-corrected chi connectivity index (χ4v) is 2.24. The Morgan fingerprint density at radius 2 is 2.12 bits per heavy atom. The zero-order chi connectivity index (χ0) is 12.3. The molecule has 1 heterocycles. The third-order valence-electron chi connectivity index (χ3n) is 2.04. The number of carboxylic acids is 1. The van der Waals surface area contributed by atoms with E-state index in [1.807, 2.05) is 29.6 Å². The number of hydrogen-bond donors (Lipinski definition) is 2. The molecule has 0 bridgehead atoms. The van der Waals surface area contributed by atoms with Crippen LogP contribution in [0.15, 0.2) is 34.1 Å². The van der Waals surface area contributed by atoms with Crippen LogP contribution in [0.1, 0.15) is 0 Å². The molecule has 0 aliphatic carbocycles. The minimum absolute atomic E-state index is 0.118. The van der Waals surface area contributed by atoms with Gasteiger partial charge in [-0.2, -0.15) is 0 Å². The topological polar surface area (TPSA) is 62.2 Å². The van der Waals surface area contributed by atoms with Gasteiger partial charge in [-0.1, -0.05) is 28.1 Å². The molecule has 0 saturated carbocycles. The molecule has 2 aromatic rings. The second-order valence-electron chi connectivity index (χ2n) is 3.29. The average molecular weight is 313 g/mol. The maximum absolute atomic E-state index is 10.4. The first-order valence-corrected chi connectivity index (χ1v) is 6.49. The van der Waals surface area contributed by atoms with E-state index >= 15 is 0 Å². The van der Waals surface area contributed by atoms with Crippen molar-refractivity contribution in [3.8, 4) is 11.3 Å². The van der Waals surface area contributed by atoms with Gasteiger partial charge >= 0.3 is 5.97 Å². The molecule has 0 fully saturated rings. The van der Waals surface area contributed by atoms with Gasteiger partial charge in [0.05, 0.1) is 5.69 Å². The van der Waals surface area contributed by atoms with E-state index in [9.17, 15) is 4.79 Å². The Hall–Kier alpha value is -1.40. The number of hydrogen-bond acceptors (Lipinski definition) is 4. The Morgan fingerprint density at radius 1 is 1.41 bits per heavy atom. The van der Waals surface area contributed by atoms with Crippen molar-refractivity contribution in [3.05, 3.63) is 34.1 Å². The van der Waals surface area contributed by atoms with E-state index in [0.29, 0.717) is 5.13 Å². The van der Waals surface area contributed by atoms with Gasteiger partial charge in [0.2, 0.25) is 0 Å². The van der Waals surface area contributed by atoms with E-state index in [2.05, 4.69) is 26.2 Å². The fraction of sp³-hybridized carbons (Fsp3) is 0.0909. The highest BCUT2D eigenvalue weighted by Gasteiger charge is 2.05. The van der Waals surface area contributed by atoms with Crippen LogP contribution < -0.4 is 5.32 Å². The SMILES string of the molecule is O=C(O)CNc1nc(-c2ccc(Br)cc2)cs1. The van der Waals surface area contributed by atoms with Crippen LogP contribution in [0.5, 0.6) is 0 Å². The van der Waals surface area contributed by atoms with E-state index in [1.54, 1.807) is 0 Å². The molecule has 0 aliphatic heterocycles. The summed E-state index contributed by atoms with van der Waals surface area (Å²) in [4.78, 5) is 14.7. The maximum Gasteiger partial charge on any atom is 0.322 e. The quantitative estimate of drug-likeness (QED) is 0.910. The van der Waals surface area contributed by atoms with Gasteiger partial charge in [-0.05, 0) is 12.1 Å². The molecule has 0 spiro atoms. The van der Waals surface area contributed by atoms with Gasteiger partial charge in [0.1, 0.15) is 6.54 Å². The Morgan fingerprint density at radius 3 is 2.76 bits per heavy atom. The first-order chi connectivity index (χ1) is 8.15. The van der Waals surface area contributed by atoms with Gasteiger partial charge in [0.25, 0.3) is 0 Å². The molecule has 0 atom stereocenters. The number of carbonyl (C=O) groups is 1. The average Bonchev–Trinajstić information content (AvgIpc) is 2.76. The smallest absolute Gasteiger partial charge is 0.322 e. The third-order valence-corrected chi connectivity index (χ3v) is 3.36. The van der Waals surface area contributed by atoms with Crippen LogP contribution in [0, 0.1) is 0 Å². The largest absolute Gasteiger partial charge is 0.480 e. The van der Waals surface area contributed by atoms with E-state index in [-0.39, 0.29) is 6.54 Å². The summed E-state index contributed by atoms with van der Waals surface area (Å²) in [5, 5.41) is 13.8. The zero-order valence-corrected chi connectivity index (χ0v) is 11.1. The molecular weight excluding hydrogens is 304 g/mol. The van der Waals surface area contributed by atoms with Gasteiger partial charge in [-0.25, -0.2) is 4.98 Å². The summed E-state index contributed by atoms with van der Waals surface area (Å²) in [6.07, 6.45) is 0. The third kappa shape index (κ3) is 3.28. The summed E-state index contributed by atoms with van der Waals surface area (Å²) < 4.78 is 1.01. The van der Waals surface area contributed by atoms with E-state index in [0.717, 1.165) is 15.7 Å². The summed E-state index contributed by atoms with van der Waals surface area (Å²) in [5.41, 5.74) is 1.85. The van der Waals surface area contributed by atoms with Crippen molar-refractivity contribution in [2.75, 3.05) is 11.9 Å². The van der Waals surface area contributed by atoms with E-state index in [4.69, 9.17) is 5.11 Å². The molecule has 0 saturated heterocycles.